The lowest BCUT2D eigenvalue weighted by atomic mass is 10.0. The molecule has 0 saturated heterocycles. The summed E-state index contributed by atoms with van der Waals surface area (Å²) >= 11 is 0. The van der Waals surface area contributed by atoms with Crippen LogP contribution in [0.25, 0.3) is 0 Å². The largest absolute Gasteiger partial charge is 0.480 e. The number of hydrogen-bond donors (Lipinski definition) is 1. The standard InChI is InChI=1S/C11H23NO3/c1-9(6-7-15-5)12(8-10(13)14)11(2,3)4/h9H,6-8H2,1-5H3,(H,13,14). The molecule has 0 rings (SSSR count). The number of aliphatic carboxylic acids is 1. The molecular formula is C11H23NO3. The quantitative estimate of drug-likeness (QED) is 0.734. The van der Waals surface area contributed by atoms with Crippen molar-refractivity contribution in [1.29, 1.82) is 0 Å². The monoisotopic (exact) mass is 217 g/mol. The zero-order valence-electron chi connectivity index (χ0n) is 10.4. The number of carboxylic acid groups (broad SMARTS) is 1. The van der Waals surface area contributed by atoms with E-state index in [2.05, 4.69) is 0 Å². The summed E-state index contributed by atoms with van der Waals surface area (Å²) in [4.78, 5) is 12.7. The molecule has 4 heteroatoms. The van der Waals surface area contributed by atoms with E-state index in [1.54, 1.807) is 7.11 Å². The predicted octanol–water partition coefficient (Wildman–Crippen LogP) is 1.60. The highest BCUT2D eigenvalue weighted by molar-refractivity contribution is 5.69. The van der Waals surface area contributed by atoms with Gasteiger partial charge in [0.05, 0.1) is 6.54 Å². The second-order valence-electron chi connectivity index (χ2n) is 4.82. The molecule has 1 atom stereocenters. The van der Waals surface area contributed by atoms with Gasteiger partial charge in [-0.15, -0.1) is 0 Å². The molecule has 0 aromatic rings. The van der Waals surface area contributed by atoms with Crippen LogP contribution in [-0.4, -0.2) is 47.8 Å². The lowest BCUT2D eigenvalue weighted by Crippen LogP contribution is -2.49. The van der Waals surface area contributed by atoms with Gasteiger partial charge in [-0.1, -0.05) is 0 Å². The minimum atomic E-state index is -0.783. The molecule has 0 fully saturated rings. The van der Waals surface area contributed by atoms with Crippen LogP contribution in [0.4, 0.5) is 0 Å². The van der Waals surface area contributed by atoms with Crippen LogP contribution in [0.1, 0.15) is 34.1 Å². The molecule has 15 heavy (non-hydrogen) atoms. The number of carbonyl (C=O) groups is 1. The SMILES string of the molecule is COCCC(C)N(CC(=O)O)C(C)(C)C. The molecule has 0 aliphatic carbocycles. The highest BCUT2D eigenvalue weighted by Gasteiger charge is 2.27. The Morgan fingerprint density at radius 3 is 2.33 bits per heavy atom. The average molecular weight is 217 g/mol. The number of hydrogen-bond acceptors (Lipinski definition) is 3. The van der Waals surface area contributed by atoms with Crippen LogP contribution >= 0.6 is 0 Å². The van der Waals surface area contributed by atoms with E-state index in [1.807, 2.05) is 32.6 Å². The van der Waals surface area contributed by atoms with E-state index < -0.39 is 5.97 Å². The Kier molecular flexibility index (Phi) is 5.83. The van der Waals surface area contributed by atoms with Crippen molar-refractivity contribution in [3.05, 3.63) is 0 Å². The Morgan fingerprint density at radius 2 is 2.00 bits per heavy atom. The molecule has 0 bridgehead atoms. The molecule has 1 unspecified atom stereocenters. The molecule has 0 aliphatic heterocycles. The van der Waals surface area contributed by atoms with Crippen molar-refractivity contribution in [3.63, 3.8) is 0 Å². The normalized spacial score (nSPS) is 14.3. The number of nitrogens with zero attached hydrogens (tertiary/aromatic N) is 1. The fourth-order valence-electron chi connectivity index (χ4n) is 1.64. The molecule has 0 aromatic heterocycles. The summed E-state index contributed by atoms with van der Waals surface area (Å²) in [5, 5.41) is 8.85. The van der Waals surface area contributed by atoms with E-state index in [-0.39, 0.29) is 18.1 Å². The predicted molar refractivity (Wildman–Crippen MR) is 60.0 cm³/mol. The molecule has 0 spiro atoms. The maximum Gasteiger partial charge on any atom is 0.317 e. The summed E-state index contributed by atoms with van der Waals surface area (Å²) in [6.07, 6.45) is 0.848. The van der Waals surface area contributed by atoms with E-state index in [0.717, 1.165) is 6.42 Å². The van der Waals surface area contributed by atoms with E-state index >= 15 is 0 Å². The van der Waals surface area contributed by atoms with Gasteiger partial charge in [0.1, 0.15) is 0 Å². The van der Waals surface area contributed by atoms with Crippen molar-refractivity contribution in [3.8, 4) is 0 Å². The highest BCUT2D eigenvalue weighted by Crippen LogP contribution is 2.18. The highest BCUT2D eigenvalue weighted by atomic mass is 16.5. The van der Waals surface area contributed by atoms with E-state index in [1.165, 1.54) is 0 Å². The van der Waals surface area contributed by atoms with Gasteiger partial charge in [0.25, 0.3) is 0 Å². The number of ether oxygens (including phenoxy) is 1. The second kappa shape index (κ2) is 6.08. The number of rotatable bonds is 6. The maximum absolute atomic E-state index is 10.8. The molecule has 0 heterocycles. The van der Waals surface area contributed by atoms with Crippen LogP contribution in [0.3, 0.4) is 0 Å². The molecule has 0 aliphatic rings. The van der Waals surface area contributed by atoms with Crippen LogP contribution in [0.5, 0.6) is 0 Å². The number of carboxylic acids is 1. The van der Waals surface area contributed by atoms with Gasteiger partial charge in [-0.25, -0.2) is 0 Å². The van der Waals surface area contributed by atoms with E-state index in [9.17, 15) is 4.79 Å². The first-order chi connectivity index (χ1) is 6.79. The smallest absolute Gasteiger partial charge is 0.317 e. The average Bonchev–Trinajstić information content (AvgIpc) is 2.08. The first-order valence-electron chi connectivity index (χ1n) is 5.26. The van der Waals surface area contributed by atoms with Gasteiger partial charge < -0.3 is 9.84 Å². The van der Waals surface area contributed by atoms with Crippen molar-refractivity contribution in [2.75, 3.05) is 20.3 Å². The summed E-state index contributed by atoms with van der Waals surface area (Å²) in [5.74, 6) is -0.783. The molecule has 4 nitrogen and oxygen atoms in total. The van der Waals surface area contributed by atoms with Crippen LogP contribution in [0.2, 0.25) is 0 Å². The lowest BCUT2D eigenvalue weighted by molar-refractivity contribution is -0.140. The fourth-order valence-corrected chi connectivity index (χ4v) is 1.64. The summed E-state index contributed by atoms with van der Waals surface area (Å²) in [6.45, 7) is 8.85. The summed E-state index contributed by atoms with van der Waals surface area (Å²) in [6, 6.07) is 0.209. The molecular weight excluding hydrogens is 194 g/mol. The molecule has 0 aromatic carbocycles. The van der Waals surface area contributed by atoms with Crippen LogP contribution in [0.15, 0.2) is 0 Å². The minimum Gasteiger partial charge on any atom is -0.480 e. The summed E-state index contributed by atoms with van der Waals surface area (Å²) in [5.41, 5.74) is -0.133. The van der Waals surface area contributed by atoms with Gasteiger partial charge in [-0.05, 0) is 34.1 Å². The van der Waals surface area contributed by atoms with Crippen molar-refractivity contribution in [1.82, 2.24) is 4.90 Å². The Labute approximate surface area is 92.2 Å². The zero-order valence-corrected chi connectivity index (χ0v) is 10.4. The van der Waals surface area contributed by atoms with Gasteiger partial charge in [0.15, 0.2) is 0 Å². The fraction of sp³-hybridized carbons (Fsp3) is 0.909. The van der Waals surface area contributed by atoms with Crippen molar-refractivity contribution in [2.45, 2.75) is 45.7 Å². The molecule has 0 radical (unpaired) electrons. The minimum absolute atomic E-state index is 0.0778. The third-order valence-corrected chi connectivity index (χ3v) is 2.44. The second-order valence-corrected chi connectivity index (χ2v) is 4.82. The summed E-state index contributed by atoms with van der Waals surface area (Å²) in [7, 11) is 1.66. The lowest BCUT2D eigenvalue weighted by Gasteiger charge is -2.39. The van der Waals surface area contributed by atoms with Gasteiger partial charge in [-0.3, -0.25) is 9.69 Å². The molecule has 0 saturated carbocycles. The Hall–Kier alpha value is -0.610. The third-order valence-electron chi connectivity index (χ3n) is 2.44. The van der Waals surface area contributed by atoms with Crippen LogP contribution < -0.4 is 0 Å². The van der Waals surface area contributed by atoms with Crippen LogP contribution in [0, 0.1) is 0 Å². The topological polar surface area (TPSA) is 49.8 Å². The molecule has 90 valence electrons. The molecule has 1 N–H and O–H groups in total. The summed E-state index contributed by atoms with van der Waals surface area (Å²) < 4.78 is 5.01. The Bertz CT molecular complexity index is 198. The Morgan fingerprint density at radius 1 is 1.47 bits per heavy atom. The van der Waals surface area contributed by atoms with E-state index in [4.69, 9.17) is 9.84 Å². The van der Waals surface area contributed by atoms with Gasteiger partial charge in [-0.2, -0.15) is 0 Å². The zero-order chi connectivity index (χ0) is 12.1. The van der Waals surface area contributed by atoms with Gasteiger partial charge in [0.2, 0.25) is 0 Å². The maximum atomic E-state index is 10.8. The first kappa shape index (κ1) is 14.4. The van der Waals surface area contributed by atoms with E-state index in [0.29, 0.717) is 6.61 Å². The third kappa shape index (κ3) is 5.74. The molecule has 0 amide bonds. The van der Waals surface area contributed by atoms with Crippen molar-refractivity contribution < 1.29 is 14.6 Å². The van der Waals surface area contributed by atoms with Crippen molar-refractivity contribution in [2.24, 2.45) is 0 Å². The van der Waals surface area contributed by atoms with Crippen LogP contribution in [-0.2, 0) is 9.53 Å². The van der Waals surface area contributed by atoms with Gasteiger partial charge >= 0.3 is 5.97 Å². The Balaban J connectivity index is 4.41. The first-order valence-corrected chi connectivity index (χ1v) is 5.26. The van der Waals surface area contributed by atoms with Gasteiger partial charge in [0, 0.05) is 25.3 Å². The van der Waals surface area contributed by atoms with Crippen molar-refractivity contribution >= 4 is 5.97 Å². The number of methoxy groups -OCH3 is 1.